The van der Waals surface area contributed by atoms with Crippen molar-refractivity contribution in [2.45, 2.75) is 50.7 Å². The molecular formula is C13H28N2O6S. The summed E-state index contributed by atoms with van der Waals surface area (Å²) in [6, 6.07) is -0.105. The molecule has 0 radical (unpaired) electrons. The van der Waals surface area contributed by atoms with Gasteiger partial charge < -0.3 is 19.2 Å². The highest BCUT2D eigenvalue weighted by Gasteiger charge is 2.17. The highest BCUT2D eigenvalue weighted by atomic mass is 32.2. The van der Waals surface area contributed by atoms with Crippen LogP contribution in [0.15, 0.2) is 0 Å². The van der Waals surface area contributed by atoms with Crippen LogP contribution in [0.4, 0.5) is 0 Å². The fraction of sp³-hybridized carbons (Fsp3) is 0.923. The van der Waals surface area contributed by atoms with Crippen molar-refractivity contribution in [2.75, 3.05) is 27.7 Å². The minimum absolute atomic E-state index is 0.105. The molecule has 8 nitrogen and oxygen atoms in total. The smallest absolute Gasteiger partial charge is 0.306 e. The molecule has 0 aromatic rings. The quantitative estimate of drug-likeness (QED) is 0.458. The number of nitrogens with zero attached hydrogens (tertiary/aromatic N) is 1. The average molecular weight is 340 g/mol. The molecule has 0 spiro atoms. The van der Waals surface area contributed by atoms with Crippen LogP contribution >= 0.6 is 0 Å². The van der Waals surface area contributed by atoms with E-state index < -0.39 is 22.4 Å². The van der Waals surface area contributed by atoms with Gasteiger partial charge in [-0.2, -0.15) is 0 Å². The van der Waals surface area contributed by atoms with E-state index in [4.69, 9.17) is 10.2 Å². The van der Waals surface area contributed by atoms with Crippen LogP contribution in [-0.4, -0.2) is 73.5 Å². The molecule has 0 bridgehead atoms. The minimum Gasteiger partial charge on any atom is -0.735 e. The standard InChI is InChI=1S/C7H15NO3.C6H13NO3S/c1-8(2,3)5-6(9)4-7(10)11;8-11(9,10)7-6-4-2-1-3-5-6/h6,9H,4-5H2,1-3H3;6-7H,1-5H2,(H,8,9,10)/t6-;/m1./s1. The molecule has 22 heavy (non-hydrogen) atoms. The van der Waals surface area contributed by atoms with Crippen molar-refractivity contribution in [3.05, 3.63) is 0 Å². The summed E-state index contributed by atoms with van der Waals surface area (Å²) in [4.78, 5) is 10.1. The lowest BCUT2D eigenvalue weighted by atomic mass is 9.96. The first-order valence-corrected chi connectivity index (χ1v) is 8.73. The number of carboxylic acid groups (broad SMARTS) is 1. The number of aliphatic hydroxyl groups excluding tert-OH is 1. The van der Waals surface area contributed by atoms with Gasteiger partial charge in [0.2, 0.25) is 0 Å². The lowest BCUT2D eigenvalue weighted by molar-refractivity contribution is -0.873. The van der Waals surface area contributed by atoms with Crippen LogP contribution in [-0.2, 0) is 15.1 Å². The minimum atomic E-state index is -4.22. The molecule has 0 unspecified atom stereocenters. The first-order chi connectivity index (χ1) is 9.89. The van der Waals surface area contributed by atoms with Crippen LogP contribution in [0, 0.1) is 0 Å². The Morgan fingerprint density at radius 2 is 1.77 bits per heavy atom. The lowest BCUT2D eigenvalue weighted by Gasteiger charge is -2.25. The number of carboxylic acids is 1. The van der Waals surface area contributed by atoms with Crippen molar-refractivity contribution in [3.8, 4) is 0 Å². The summed E-state index contributed by atoms with van der Waals surface area (Å²) >= 11 is 0. The summed E-state index contributed by atoms with van der Waals surface area (Å²) in [6.07, 6.45) is 3.89. The van der Waals surface area contributed by atoms with Gasteiger partial charge in [-0.1, -0.05) is 19.3 Å². The zero-order valence-electron chi connectivity index (χ0n) is 13.5. The van der Waals surface area contributed by atoms with E-state index in [2.05, 4.69) is 4.72 Å². The number of quaternary nitrogens is 1. The molecule has 0 amide bonds. The Bertz CT molecular complexity index is 426. The van der Waals surface area contributed by atoms with Gasteiger partial charge in [0.15, 0.2) is 10.3 Å². The first-order valence-electron chi connectivity index (χ1n) is 7.32. The van der Waals surface area contributed by atoms with Crippen LogP contribution < -0.4 is 4.72 Å². The third-order valence-corrected chi connectivity index (χ3v) is 3.71. The molecule has 1 aliphatic rings. The number of aliphatic carboxylic acids is 1. The van der Waals surface area contributed by atoms with Gasteiger partial charge in [0.25, 0.3) is 0 Å². The van der Waals surface area contributed by atoms with Gasteiger partial charge in [-0.15, -0.1) is 0 Å². The molecule has 132 valence electrons. The number of likely N-dealkylation sites (N-methyl/N-ethyl adjacent to an activating group) is 1. The molecule has 0 aromatic heterocycles. The first kappa shape index (κ1) is 21.3. The van der Waals surface area contributed by atoms with E-state index in [1.54, 1.807) is 0 Å². The fourth-order valence-corrected chi connectivity index (χ4v) is 2.97. The van der Waals surface area contributed by atoms with Gasteiger partial charge in [-0.05, 0) is 12.8 Å². The molecule has 0 aromatic carbocycles. The topological polar surface area (TPSA) is 127 Å². The summed E-state index contributed by atoms with van der Waals surface area (Å²) < 4.78 is 33.4. The van der Waals surface area contributed by atoms with E-state index in [0.717, 1.165) is 32.1 Å². The van der Waals surface area contributed by atoms with Crippen LogP contribution in [0.1, 0.15) is 38.5 Å². The van der Waals surface area contributed by atoms with Crippen LogP contribution in [0.25, 0.3) is 0 Å². The molecule has 0 saturated heterocycles. The average Bonchev–Trinajstić information content (AvgIpc) is 2.24. The molecule has 3 N–H and O–H groups in total. The van der Waals surface area contributed by atoms with Gasteiger partial charge in [0.05, 0.1) is 27.6 Å². The van der Waals surface area contributed by atoms with E-state index in [0.29, 0.717) is 11.0 Å². The second kappa shape index (κ2) is 9.41. The molecule has 1 saturated carbocycles. The zero-order chi connectivity index (χ0) is 17.4. The fourth-order valence-electron chi connectivity index (χ4n) is 2.32. The Morgan fingerprint density at radius 1 is 1.27 bits per heavy atom. The van der Waals surface area contributed by atoms with Gasteiger partial charge in [0.1, 0.15) is 12.6 Å². The third kappa shape index (κ3) is 14.2. The highest BCUT2D eigenvalue weighted by molar-refractivity contribution is 7.83. The molecule has 1 fully saturated rings. The molecular weight excluding hydrogens is 312 g/mol. The summed E-state index contributed by atoms with van der Waals surface area (Å²) in [5.74, 6) is -0.953. The maximum absolute atomic E-state index is 10.2. The van der Waals surface area contributed by atoms with Crippen molar-refractivity contribution < 1.29 is 32.5 Å². The molecule has 1 atom stereocenters. The Morgan fingerprint density at radius 3 is 2.14 bits per heavy atom. The second-order valence-electron chi connectivity index (χ2n) is 6.63. The summed E-state index contributed by atoms with van der Waals surface area (Å²) in [5.41, 5.74) is 0. The molecule has 0 heterocycles. The Hall–Kier alpha value is -0.740. The second-order valence-corrected chi connectivity index (χ2v) is 7.78. The number of rotatable bonds is 6. The molecule has 9 heteroatoms. The van der Waals surface area contributed by atoms with Crippen molar-refractivity contribution in [3.63, 3.8) is 0 Å². The van der Waals surface area contributed by atoms with E-state index in [-0.39, 0.29) is 12.5 Å². The number of carbonyl (C=O) groups is 1. The number of aliphatic hydroxyl groups is 1. The predicted octanol–water partition coefficient (Wildman–Crippen LogP) is -0.103. The van der Waals surface area contributed by atoms with Gasteiger partial charge >= 0.3 is 5.97 Å². The van der Waals surface area contributed by atoms with Gasteiger partial charge in [-0.25, -0.2) is 13.1 Å². The summed E-state index contributed by atoms with van der Waals surface area (Å²) in [7, 11) is 1.50. The Kier molecular flexibility index (Phi) is 9.09. The normalized spacial score (nSPS) is 18.2. The SMILES string of the molecule is C[N+](C)(C)C[C@H](O)CC(=O)O.O=S(=O)([O-])NC1CCCCC1. The molecule has 1 rings (SSSR count). The summed E-state index contributed by atoms with van der Waals surface area (Å²) in [6.45, 7) is 0.465. The van der Waals surface area contributed by atoms with Crippen LogP contribution in [0.3, 0.4) is 0 Å². The van der Waals surface area contributed by atoms with Crippen LogP contribution in [0.5, 0.6) is 0 Å². The van der Waals surface area contributed by atoms with Gasteiger partial charge in [0, 0.05) is 6.04 Å². The Labute approximate surface area is 132 Å². The number of nitrogens with one attached hydrogen (secondary N) is 1. The maximum Gasteiger partial charge on any atom is 0.306 e. The van der Waals surface area contributed by atoms with E-state index >= 15 is 0 Å². The molecule has 1 aliphatic carbocycles. The predicted molar refractivity (Wildman–Crippen MR) is 80.9 cm³/mol. The van der Waals surface area contributed by atoms with Gasteiger partial charge in [-0.3, -0.25) is 4.79 Å². The van der Waals surface area contributed by atoms with Crippen molar-refractivity contribution in [1.29, 1.82) is 0 Å². The van der Waals surface area contributed by atoms with E-state index in [1.165, 1.54) is 0 Å². The highest BCUT2D eigenvalue weighted by Crippen LogP contribution is 2.17. The van der Waals surface area contributed by atoms with Crippen molar-refractivity contribution >= 4 is 16.3 Å². The lowest BCUT2D eigenvalue weighted by Crippen LogP contribution is -2.42. The monoisotopic (exact) mass is 340 g/mol. The van der Waals surface area contributed by atoms with Crippen molar-refractivity contribution in [2.24, 2.45) is 0 Å². The van der Waals surface area contributed by atoms with Crippen LogP contribution in [0.2, 0.25) is 0 Å². The number of hydrogen-bond acceptors (Lipinski definition) is 5. The molecule has 0 aliphatic heterocycles. The largest absolute Gasteiger partial charge is 0.735 e. The van der Waals surface area contributed by atoms with E-state index in [1.807, 2.05) is 21.1 Å². The zero-order valence-corrected chi connectivity index (χ0v) is 14.3. The maximum atomic E-state index is 10.2. The Balaban J connectivity index is 0.000000401. The number of hydrogen-bond donors (Lipinski definition) is 3. The van der Waals surface area contributed by atoms with E-state index in [9.17, 15) is 17.8 Å². The summed E-state index contributed by atoms with van der Waals surface area (Å²) in [5, 5.41) is 17.5. The third-order valence-electron chi connectivity index (χ3n) is 3.08. The van der Waals surface area contributed by atoms with Crippen molar-refractivity contribution in [1.82, 2.24) is 4.72 Å².